The van der Waals surface area contributed by atoms with Crippen LogP contribution in [-0.2, 0) is 6.42 Å². The molecule has 2 aromatic rings. The zero-order valence-corrected chi connectivity index (χ0v) is 12.7. The van der Waals surface area contributed by atoms with Crippen LogP contribution < -0.4 is 10.4 Å². The second-order valence-corrected chi connectivity index (χ2v) is 5.43. The van der Waals surface area contributed by atoms with Crippen molar-refractivity contribution in [3.05, 3.63) is 39.7 Å². The average molecular weight is 274 g/mol. The molecule has 2 rings (SSSR count). The quantitative estimate of drug-likeness (QED) is 0.766. The summed E-state index contributed by atoms with van der Waals surface area (Å²) < 4.78 is 11.2. The van der Waals surface area contributed by atoms with E-state index < -0.39 is 0 Å². The van der Waals surface area contributed by atoms with Gasteiger partial charge in [-0.05, 0) is 51.3 Å². The molecule has 0 unspecified atom stereocenters. The summed E-state index contributed by atoms with van der Waals surface area (Å²) in [5, 5.41) is 1.02. The normalized spacial score (nSPS) is 11.2. The lowest BCUT2D eigenvalue weighted by Crippen LogP contribution is -2.08. The summed E-state index contributed by atoms with van der Waals surface area (Å²) in [6.07, 6.45) is 3.18. The summed E-state index contributed by atoms with van der Waals surface area (Å²) in [6, 6.07) is 5.57. The zero-order chi connectivity index (χ0) is 14.7. The minimum Gasteiger partial charge on any atom is -0.491 e. The van der Waals surface area contributed by atoms with Crippen LogP contribution in [0.3, 0.4) is 0 Å². The van der Waals surface area contributed by atoms with Crippen LogP contribution in [0.15, 0.2) is 27.4 Å². The number of rotatable bonds is 5. The number of ether oxygens (including phenoxy) is 1. The van der Waals surface area contributed by atoms with Crippen molar-refractivity contribution < 1.29 is 9.15 Å². The molecular formula is C17H22O3. The second kappa shape index (κ2) is 6.12. The van der Waals surface area contributed by atoms with Crippen molar-refractivity contribution in [3.8, 4) is 5.75 Å². The molecule has 0 saturated carbocycles. The third kappa shape index (κ3) is 3.03. The van der Waals surface area contributed by atoms with Crippen LogP contribution in [0.2, 0.25) is 0 Å². The van der Waals surface area contributed by atoms with Crippen LogP contribution >= 0.6 is 0 Å². The highest BCUT2D eigenvalue weighted by atomic mass is 16.5. The number of aryl methyl sites for hydroxylation is 2. The maximum Gasteiger partial charge on any atom is 0.336 e. The molecule has 0 amide bonds. The van der Waals surface area contributed by atoms with Gasteiger partial charge in [-0.1, -0.05) is 13.3 Å². The van der Waals surface area contributed by atoms with Gasteiger partial charge in [0.2, 0.25) is 0 Å². The Morgan fingerprint density at radius 1 is 1.30 bits per heavy atom. The third-order valence-corrected chi connectivity index (χ3v) is 3.36. The van der Waals surface area contributed by atoms with Crippen LogP contribution in [0, 0.1) is 6.92 Å². The highest BCUT2D eigenvalue weighted by Crippen LogP contribution is 2.29. The van der Waals surface area contributed by atoms with Gasteiger partial charge in [-0.15, -0.1) is 0 Å². The van der Waals surface area contributed by atoms with E-state index in [1.165, 1.54) is 0 Å². The van der Waals surface area contributed by atoms with Gasteiger partial charge in [-0.2, -0.15) is 0 Å². The van der Waals surface area contributed by atoms with Gasteiger partial charge in [0.05, 0.1) is 6.10 Å². The summed E-state index contributed by atoms with van der Waals surface area (Å²) in [5.74, 6) is 0.781. The lowest BCUT2D eigenvalue weighted by atomic mass is 10.0. The molecule has 0 radical (unpaired) electrons. The molecule has 0 aliphatic carbocycles. The van der Waals surface area contributed by atoms with E-state index in [-0.39, 0.29) is 11.7 Å². The van der Waals surface area contributed by atoms with Crippen molar-refractivity contribution in [2.24, 2.45) is 0 Å². The molecule has 1 heterocycles. The number of hydrogen-bond donors (Lipinski definition) is 0. The van der Waals surface area contributed by atoms with Gasteiger partial charge in [0.15, 0.2) is 0 Å². The molecule has 0 saturated heterocycles. The molecular weight excluding hydrogens is 252 g/mol. The first-order valence-electron chi connectivity index (χ1n) is 7.26. The van der Waals surface area contributed by atoms with Crippen LogP contribution in [0.5, 0.6) is 5.75 Å². The van der Waals surface area contributed by atoms with E-state index in [2.05, 4.69) is 6.92 Å². The van der Waals surface area contributed by atoms with E-state index in [0.717, 1.165) is 41.5 Å². The fourth-order valence-corrected chi connectivity index (χ4v) is 2.36. The highest BCUT2D eigenvalue weighted by molar-refractivity contribution is 5.84. The first-order chi connectivity index (χ1) is 9.52. The van der Waals surface area contributed by atoms with E-state index in [9.17, 15) is 4.79 Å². The predicted octanol–water partition coefficient (Wildman–Crippen LogP) is 4.23. The number of fused-ring (bicyclic) bond motifs is 1. The van der Waals surface area contributed by atoms with E-state index >= 15 is 0 Å². The predicted molar refractivity (Wildman–Crippen MR) is 81.6 cm³/mol. The molecule has 3 nitrogen and oxygen atoms in total. The van der Waals surface area contributed by atoms with E-state index in [1.807, 2.05) is 32.9 Å². The molecule has 0 atom stereocenters. The Balaban J connectivity index is 2.57. The molecule has 1 aromatic carbocycles. The van der Waals surface area contributed by atoms with Gasteiger partial charge in [0.1, 0.15) is 11.3 Å². The van der Waals surface area contributed by atoms with Crippen molar-refractivity contribution in [2.75, 3.05) is 0 Å². The van der Waals surface area contributed by atoms with Gasteiger partial charge in [0, 0.05) is 17.0 Å². The van der Waals surface area contributed by atoms with Crippen LogP contribution in [0.1, 0.15) is 44.7 Å². The summed E-state index contributed by atoms with van der Waals surface area (Å²) in [5.41, 5.74) is 2.33. The fourth-order valence-electron chi connectivity index (χ4n) is 2.36. The largest absolute Gasteiger partial charge is 0.491 e. The second-order valence-electron chi connectivity index (χ2n) is 5.43. The SMILES string of the molecule is CCCCc1cc(=O)oc2c(C)c(OC(C)C)ccc12. The van der Waals surface area contributed by atoms with Crippen molar-refractivity contribution in [1.82, 2.24) is 0 Å². The maximum absolute atomic E-state index is 11.7. The standard InChI is InChI=1S/C17H22O3/c1-5-6-7-13-10-16(18)20-17-12(4)15(19-11(2)3)9-8-14(13)17/h8-11H,5-7H2,1-4H3. The molecule has 0 spiro atoms. The summed E-state index contributed by atoms with van der Waals surface area (Å²) in [7, 11) is 0. The highest BCUT2D eigenvalue weighted by Gasteiger charge is 2.12. The molecule has 1 aromatic heterocycles. The lowest BCUT2D eigenvalue weighted by Gasteiger charge is -2.14. The first-order valence-corrected chi connectivity index (χ1v) is 7.26. The van der Waals surface area contributed by atoms with Crippen molar-refractivity contribution in [2.45, 2.75) is 53.1 Å². The Bertz CT molecular complexity index is 653. The van der Waals surface area contributed by atoms with Crippen molar-refractivity contribution in [1.29, 1.82) is 0 Å². The number of benzene rings is 1. The molecule has 0 N–H and O–H groups in total. The third-order valence-electron chi connectivity index (χ3n) is 3.36. The van der Waals surface area contributed by atoms with Crippen LogP contribution in [0.25, 0.3) is 11.0 Å². The molecule has 0 bridgehead atoms. The monoisotopic (exact) mass is 274 g/mol. The average Bonchev–Trinajstić information content (AvgIpc) is 2.39. The van der Waals surface area contributed by atoms with Gasteiger partial charge >= 0.3 is 5.63 Å². The maximum atomic E-state index is 11.7. The first kappa shape index (κ1) is 14.6. The molecule has 0 aliphatic heterocycles. The molecule has 108 valence electrons. The summed E-state index contributed by atoms with van der Waals surface area (Å²) >= 11 is 0. The summed E-state index contributed by atoms with van der Waals surface area (Å²) in [4.78, 5) is 11.7. The Hall–Kier alpha value is -1.77. The van der Waals surface area contributed by atoms with Crippen LogP contribution in [-0.4, -0.2) is 6.10 Å². The smallest absolute Gasteiger partial charge is 0.336 e. The van der Waals surface area contributed by atoms with Gasteiger partial charge in [-0.25, -0.2) is 4.79 Å². The molecule has 0 aliphatic rings. The summed E-state index contributed by atoms with van der Waals surface area (Å²) in [6.45, 7) is 8.05. The lowest BCUT2D eigenvalue weighted by molar-refractivity contribution is 0.241. The number of unbranched alkanes of at least 4 members (excludes halogenated alkanes) is 1. The van der Waals surface area contributed by atoms with E-state index in [0.29, 0.717) is 5.58 Å². The zero-order valence-electron chi connectivity index (χ0n) is 12.7. The molecule has 3 heteroatoms. The molecule has 20 heavy (non-hydrogen) atoms. The van der Waals surface area contributed by atoms with E-state index in [1.54, 1.807) is 6.07 Å². The minimum absolute atomic E-state index is 0.0983. The van der Waals surface area contributed by atoms with Gasteiger partial charge < -0.3 is 9.15 Å². The van der Waals surface area contributed by atoms with Gasteiger partial charge in [-0.3, -0.25) is 0 Å². The van der Waals surface area contributed by atoms with Crippen LogP contribution in [0.4, 0.5) is 0 Å². The topological polar surface area (TPSA) is 39.4 Å². The minimum atomic E-state index is -0.284. The van der Waals surface area contributed by atoms with Crippen molar-refractivity contribution in [3.63, 3.8) is 0 Å². The Morgan fingerprint density at radius 3 is 2.70 bits per heavy atom. The molecule has 0 fully saturated rings. The van der Waals surface area contributed by atoms with E-state index in [4.69, 9.17) is 9.15 Å². The fraction of sp³-hybridized carbons (Fsp3) is 0.471. The number of hydrogen-bond acceptors (Lipinski definition) is 3. The Kier molecular flexibility index (Phi) is 4.48. The Morgan fingerprint density at radius 2 is 2.05 bits per heavy atom. The van der Waals surface area contributed by atoms with Gasteiger partial charge in [0.25, 0.3) is 0 Å². The Labute approximate surface area is 119 Å². The van der Waals surface area contributed by atoms with Crippen molar-refractivity contribution >= 4 is 11.0 Å².